The van der Waals surface area contributed by atoms with E-state index in [-0.39, 0.29) is 23.3 Å². The highest BCUT2D eigenvalue weighted by molar-refractivity contribution is 7.91. The number of aromatic nitrogens is 3. The van der Waals surface area contributed by atoms with E-state index in [0.717, 1.165) is 12.0 Å². The number of hydrogen-bond acceptors (Lipinski definition) is 7. The van der Waals surface area contributed by atoms with Crippen LogP contribution in [0.3, 0.4) is 0 Å². The maximum Gasteiger partial charge on any atom is 0.248 e. The molecule has 3 heterocycles. The Balaban J connectivity index is 1.59. The van der Waals surface area contributed by atoms with E-state index in [2.05, 4.69) is 10.2 Å². The van der Waals surface area contributed by atoms with Gasteiger partial charge in [0.25, 0.3) is 0 Å². The van der Waals surface area contributed by atoms with Crippen molar-refractivity contribution in [1.82, 2.24) is 19.7 Å². The number of carbonyl (C=O) groups is 2. The molecule has 1 aromatic heterocycles. The molecule has 11 heteroatoms. The second kappa shape index (κ2) is 8.89. The minimum Gasteiger partial charge on any atom is -0.366 e. The number of nitrogens with two attached hydrogens (primary N) is 1. The van der Waals surface area contributed by atoms with Crippen LogP contribution in [0.5, 0.6) is 0 Å². The van der Waals surface area contributed by atoms with Crippen molar-refractivity contribution in [3.05, 3.63) is 41.2 Å². The van der Waals surface area contributed by atoms with Crippen molar-refractivity contribution in [2.75, 3.05) is 30.0 Å². The Kier molecular flexibility index (Phi) is 6.18. The van der Waals surface area contributed by atoms with E-state index < -0.39 is 15.7 Å². The molecule has 2 fully saturated rings. The molecule has 0 spiro atoms. The zero-order valence-corrected chi connectivity index (χ0v) is 18.9. The number of rotatable bonds is 8. The SMILES string of the molecule is CN(Cc1cccc(C(N)=O)c1)c1nnc(CN2CCCC2=O)n1CC1CCS(=O)(=O)C1. The summed E-state index contributed by atoms with van der Waals surface area (Å²) in [5.41, 5.74) is 6.71. The molecule has 2 N–H and O–H groups in total. The largest absolute Gasteiger partial charge is 0.366 e. The molecule has 10 nitrogen and oxygen atoms in total. The molecule has 2 saturated heterocycles. The summed E-state index contributed by atoms with van der Waals surface area (Å²) in [6.07, 6.45) is 1.97. The van der Waals surface area contributed by atoms with Crippen molar-refractivity contribution in [2.24, 2.45) is 11.7 Å². The van der Waals surface area contributed by atoms with Crippen molar-refractivity contribution in [3.63, 3.8) is 0 Å². The van der Waals surface area contributed by atoms with Gasteiger partial charge in [0.15, 0.2) is 15.7 Å². The lowest BCUT2D eigenvalue weighted by molar-refractivity contribution is -0.128. The van der Waals surface area contributed by atoms with Gasteiger partial charge in [-0.25, -0.2) is 8.42 Å². The van der Waals surface area contributed by atoms with Crippen LogP contribution in [0.2, 0.25) is 0 Å². The molecule has 1 aromatic carbocycles. The minimum absolute atomic E-state index is 0.0191. The molecule has 1 atom stereocenters. The number of carbonyl (C=O) groups excluding carboxylic acids is 2. The number of nitrogens with zero attached hydrogens (tertiary/aromatic N) is 5. The van der Waals surface area contributed by atoms with Crippen molar-refractivity contribution < 1.29 is 18.0 Å². The molecule has 2 aliphatic heterocycles. The van der Waals surface area contributed by atoms with Gasteiger partial charge in [0.05, 0.1) is 18.1 Å². The van der Waals surface area contributed by atoms with Crippen LogP contribution in [-0.4, -0.2) is 65.0 Å². The maximum absolute atomic E-state index is 12.1. The van der Waals surface area contributed by atoms with Gasteiger partial charge >= 0.3 is 0 Å². The van der Waals surface area contributed by atoms with Crippen LogP contribution in [0, 0.1) is 5.92 Å². The van der Waals surface area contributed by atoms with Gasteiger partial charge in [0, 0.05) is 38.7 Å². The topological polar surface area (TPSA) is 131 Å². The minimum atomic E-state index is -3.01. The second-order valence-electron chi connectivity index (χ2n) is 8.64. The zero-order chi connectivity index (χ0) is 22.9. The average molecular weight is 461 g/mol. The summed E-state index contributed by atoms with van der Waals surface area (Å²) in [7, 11) is -1.14. The number of benzene rings is 1. The molecule has 0 radical (unpaired) electrons. The van der Waals surface area contributed by atoms with Crippen molar-refractivity contribution in [3.8, 4) is 0 Å². The quantitative estimate of drug-likeness (QED) is 0.609. The van der Waals surface area contributed by atoms with Crippen molar-refractivity contribution >= 4 is 27.6 Å². The first-order valence-corrected chi connectivity index (χ1v) is 12.5. The number of hydrogen-bond donors (Lipinski definition) is 1. The smallest absolute Gasteiger partial charge is 0.248 e. The number of likely N-dealkylation sites (tertiary alicyclic amines) is 1. The molecule has 1 unspecified atom stereocenters. The predicted molar refractivity (Wildman–Crippen MR) is 119 cm³/mol. The molecule has 0 saturated carbocycles. The van der Waals surface area contributed by atoms with Crippen LogP contribution in [0.4, 0.5) is 5.95 Å². The van der Waals surface area contributed by atoms with Crippen molar-refractivity contribution in [2.45, 2.75) is 38.9 Å². The fraction of sp³-hybridized carbons (Fsp3) is 0.524. The molecule has 32 heavy (non-hydrogen) atoms. The lowest BCUT2D eigenvalue weighted by Gasteiger charge is -2.23. The Bertz CT molecular complexity index is 1130. The van der Waals surface area contributed by atoms with E-state index in [0.29, 0.717) is 56.4 Å². The van der Waals surface area contributed by atoms with Gasteiger partial charge in [-0.05, 0) is 36.5 Å². The molecule has 0 bridgehead atoms. The van der Waals surface area contributed by atoms with Crippen LogP contribution in [0.1, 0.15) is 41.0 Å². The number of amides is 2. The monoisotopic (exact) mass is 460 g/mol. The predicted octanol–water partition coefficient (Wildman–Crippen LogP) is 0.571. The van der Waals surface area contributed by atoms with Crippen LogP contribution < -0.4 is 10.6 Å². The fourth-order valence-corrected chi connectivity index (χ4v) is 6.25. The summed E-state index contributed by atoms with van der Waals surface area (Å²) in [6, 6.07) is 7.09. The number of primary amides is 1. The first kappa shape index (κ1) is 22.3. The van der Waals surface area contributed by atoms with E-state index in [1.54, 1.807) is 23.1 Å². The number of anilines is 1. The summed E-state index contributed by atoms with van der Waals surface area (Å²) >= 11 is 0. The molecular weight excluding hydrogens is 432 g/mol. The Morgan fingerprint density at radius 3 is 2.78 bits per heavy atom. The Morgan fingerprint density at radius 1 is 1.31 bits per heavy atom. The highest BCUT2D eigenvalue weighted by atomic mass is 32.2. The average Bonchev–Trinajstić information content (AvgIpc) is 3.42. The third-order valence-corrected chi connectivity index (χ3v) is 7.89. The summed E-state index contributed by atoms with van der Waals surface area (Å²) < 4.78 is 25.9. The zero-order valence-electron chi connectivity index (χ0n) is 18.1. The molecule has 2 aromatic rings. The fourth-order valence-electron chi connectivity index (χ4n) is 4.40. The first-order valence-electron chi connectivity index (χ1n) is 10.7. The Hall–Kier alpha value is -2.95. The highest BCUT2D eigenvalue weighted by Gasteiger charge is 2.31. The molecule has 172 valence electrons. The lowest BCUT2D eigenvalue weighted by Crippen LogP contribution is -2.28. The van der Waals surface area contributed by atoms with Gasteiger partial charge in [-0.3, -0.25) is 14.2 Å². The second-order valence-corrected chi connectivity index (χ2v) is 10.9. The summed E-state index contributed by atoms with van der Waals surface area (Å²) in [5, 5.41) is 8.73. The van der Waals surface area contributed by atoms with Crippen molar-refractivity contribution in [1.29, 1.82) is 0 Å². The number of sulfone groups is 1. The highest BCUT2D eigenvalue weighted by Crippen LogP contribution is 2.25. The van der Waals surface area contributed by atoms with Crippen LogP contribution in [0.25, 0.3) is 0 Å². The Labute approximate surface area is 187 Å². The standard InChI is InChI=1S/C21H28N6O4S/c1-25(11-15-4-2-5-17(10-15)20(22)29)21-24-23-18(13-26-8-3-6-19(26)28)27(21)12-16-7-9-32(30,31)14-16/h2,4-5,10,16H,3,6-9,11-14H2,1H3,(H2,22,29). The molecule has 0 aliphatic carbocycles. The van der Waals surface area contributed by atoms with Crippen LogP contribution >= 0.6 is 0 Å². The molecule has 2 amide bonds. The van der Waals surface area contributed by atoms with E-state index in [9.17, 15) is 18.0 Å². The van der Waals surface area contributed by atoms with E-state index >= 15 is 0 Å². The summed E-state index contributed by atoms with van der Waals surface area (Å²) in [4.78, 5) is 27.3. The molecular formula is C21H28N6O4S. The summed E-state index contributed by atoms with van der Waals surface area (Å²) in [6.45, 7) is 1.99. The third-order valence-electron chi connectivity index (χ3n) is 6.05. The van der Waals surface area contributed by atoms with Gasteiger partial charge in [-0.1, -0.05) is 12.1 Å². The maximum atomic E-state index is 12.1. The van der Waals surface area contributed by atoms with E-state index in [1.165, 1.54) is 0 Å². The van der Waals surface area contributed by atoms with Gasteiger partial charge in [0.1, 0.15) is 0 Å². The van der Waals surface area contributed by atoms with Gasteiger partial charge in [-0.15, -0.1) is 10.2 Å². The molecule has 4 rings (SSSR count). The van der Waals surface area contributed by atoms with E-state index in [4.69, 9.17) is 5.73 Å². The normalized spacial score (nSPS) is 20.1. The van der Waals surface area contributed by atoms with Crippen LogP contribution in [0.15, 0.2) is 24.3 Å². The summed E-state index contributed by atoms with van der Waals surface area (Å²) in [5.74, 6) is 1.19. The first-order chi connectivity index (χ1) is 15.2. The van der Waals surface area contributed by atoms with Gasteiger partial charge in [0.2, 0.25) is 17.8 Å². The van der Waals surface area contributed by atoms with Gasteiger partial charge < -0.3 is 15.5 Å². The third kappa shape index (κ3) is 4.93. The van der Waals surface area contributed by atoms with Crippen LogP contribution in [-0.2, 0) is 34.3 Å². The lowest BCUT2D eigenvalue weighted by atomic mass is 10.1. The molecule has 2 aliphatic rings. The van der Waals surface area contributed by atoms with Gasteiger partial charge in [-0.2, -0.15) is 0 Å². The van der Waals surface area contributed by atoms with E-state index in [1.807, 2.05) is 22.6 Å². The Morgan fingerprint density at radius 2 is 2.12 bits per heavy atom.